The summed E-state index contributed by atoms with van der Waals surface area (Å²) < 4.78 is 29.6. The Balaban J connectivity index is 1.38. The molecular weight excluding hydrogens is 406 g/mol. The Bertz CT molecular complexity index is 1410. The zero-order valence-corrected chi connectivity index (χ0v) is 16.8. The normalized spacial score (nSPS) is 10.9. The van der Waals surface area contributed by atoms with Gasteiger partial charge in [0.1, 0.15) is 5.69 Å². The first kappa shape index (κ1) is 19.6. The van der Waals surface area contributed by atoms with E-state index >= 15 is 0 Å². The highest BCUT2D eigenvalue weighted by Crippen LogP contribution is 2.27. The second-order valence-electron chi connectivity index (χ2n) is 7.42. The van der Waals surface area contributed by atoms with Gasteiger partial charge in [0, 0.05) is 18.9 Å². The molecular formula is C26H16F2N4. The molecule has 0 spiro atoms. The molecule has 0 amide bonds. The van der Waals surface area contributed by atoms with Crippen molar-refractivity contribution in [1.82, 2.24) is 14.5 Å². The van der Waals surface area contributed by atoms with Crippen molar-refractivity contribution in [1.29, 1.82) is 5.26 Å². The predicted octanol–water partition coefficient (Wildman–Crippen LogP) is 5.92. The van der Waals surface area contributed by atoms with Crippen LogP contribution in [-0.2, 0) is 6.54 Å². The molecule has 2 aliphatic heterocycles. The smallest absolute Gasteiger partial charge is 0.169 e. The lowest BCUT2D eigenvalue weighted by atomic mass is 10.0. The van der Waals surface area contributed by atoms with E-state index in [2.05, 4.69) is 28.2 Å². The van der Waals surface area contributed by atoms with Crippen LogP contribution in [0.1, 0.15) is 11.1 Å². The van der Waals surface area contributed by atoms with Gasteiger partial charge < -0.3 is 4.57 Å². The number of benzene rings is 3. The number of fused-ring (bicyclic) bond motifs is 1. The Morgan fingerprint density at radius 2 is 1.50 bits per heavy atom. The second-order valence-corrected chi connectivity index (χ2v) is 7.42. The standard InChI is InChI=1S/C26H16F2N4/c27-22-3-1-2-21(25(22)28)26-30-23-12-13-32(16-24(23)31-26)15-18-6-10-20(11-7-18)19-8-4-17(14-29)5-9-19/h1-13,16H,15H2. The predicted molar refractivity (Wildman–Crippen MR) is 118 cm³/mol. The zero-order valence-electron chi connectivity index (χ0n) is 16.8. The van der Waals surface area contributed by atoms with E-state index in [1.165, 1.54) is 12.1 Å². The van der Waals surface area contributed by atoms with E-state index in [9.17, 15) is 8.78 Å². The van der Waals surface area contributed by atoms with Crippen LogP contribution in [0.2, 0.25) is 0 Å². The fourth-order valence-corrected chi connectivity index (χ4v) is 3.60. The minimum Gasteiger partial charge on any atom is -0.348 e. The van der Waals surface area contributed by atoms with Gasteiger partial charge in [0.25, 0.3) is 0 Å². The molecule has 0 aromatic heterocycles. The summed E-state index contributed by atoms with van der Waals surface area (Å²) in [6, 6.07) is 23.6. The lowest BCUT2D eigenvalue weighted by Crippen LogP contribution is -2.00. The Morgan fingerprint density at radius 3 is 2.22 bits per heavy atom. The molecule has 5 rings (SSSR count). The summed E-state index contributed by atoms with van der Waals surface area (Å²) in [5.74, 6) is -1.70. The fraction of sp³-hybridized carbons (Fsp3) is 0.0385. The maximum atomic E-state index is 14.1. The first-order valence-electron chi connectivity index (χ1n) is 9.98. The van der Waals surface area contributed by atoms with Gasteiger partial charge in [-0.15, -0.1) is 0 Å². The first-order valence-corrected chi connectivity index (χ1v) is 9.98. The molecule has 2 aliphatic rings. The van der Waals surface area contributed by atoms with Crippen LogP contribution in [0.3, 0.4) is 0 Å². The van der Waals surface area contributed by atoms with Crippen LogP contribution in [0, 0.1) is 23.0 Å². The monoisotopic (exact) mass is 422 g/mol. The molecule has 2 heterocycles. The van der Waals surface area contributed by atoms with Gasteiger partial charge >= 0.3 is 0 Å². The van der Waals surface area contributed by atoms with Gasteiger partial charge in [0.2, 0.25) is 0 Å². The Morgan fingerprint density at radius 1 is 0.812 bits per heavy atom. The quantitative estimate of drug-likeness (QED) is 0.362. The van der Waals surface area contributed by atoms with Gasteiger partial charge in [0.05, 0.1) is 22.9 Å². The SMILES string of the molecule is N#Cc1ccc(-c2ccc(Cn3ccc4nc(-c5cccc(F)c5F)nc-4c3)cc2)cc1. The van der Waals surface area contributed by atoms with E-state index in [-0.39, 0.29) is 11.4 Å². The summed E-state index contributed by atoms with van der Waals surface area (Å²) in [6.45, 7) is 0.625. The minimum atomic E-state index is -0.946. The van der Waals surface area contributed by atoms with Crippen molar-refractivity contribution in [2.75, 3.05) is 0 Å². The van der Waals surface area contributed by atoms with Gasteiger partial charge in [-0.1, -0.05) is 42.5 Å². The third kappa shape index (κ3) is 3.72. The maximum absolute atomic E-state index is 14.1. The highest BCUT2D eigenvalue weighted by atomic mass is 19.2. The van der Waals surface area contributed by atoms with Crippen molar-refractivity contribution in [2.24, 2.45) is 0 Å². The topological polar surface area (TPSA) is 54.5 Å². The average Bonchev–Trinajstić information content (AvgIpc) is 3.24. The molecule has 0 N–H and O–H groups in total. The number of aromatic nitrogens is 3. The van der Waals surface area contributed by atoms with Crippen molar-refractivity contribution >= 4 is 0 Å². The number of pyridine rings is 1. The van der Waals surface area contributed by atoms with Crippen LogP contribution >= 0.6 is 0 Å². The van der Waals surface area contributed by atoms with Gasteiger partial charge in [-0.2, -0.15) is 5.26 Å². The molecule has 0 fully saturated rings. The van der Waals surface area contributed by atoms with Crippen LogP contribution in [0.4, 0.5) is 8.78 Å². The molecule has 0 unspecified atom stereocenters. The summed E-state index contributed by atoms with van der Waals surface area (Å²) in [6.07, 6.45) is 3.73. The van der Waals surface area contributed by atoms with Crippen LogP contribution in [0.5, 0.6) is 0 Å². The summed E-state index contributed by atoms with van der Waals surface area (Å²) >= 11 is 0. The number of nitriles is 1. The summed E-state index contributed by atoms with van der Waals surface area (Å²) in [5.41, 5.74) is 5.14. The Hall–Kier alpha value is -4.37. The van der Waals surface area contributed by atoms with E-state index in [1.54, 1.807) is 12.1 Å². The molecule has 3 aromatic carbocycles. The molecule has 32 heavy (non-hydrogen) atoms. The summed E-state index contributed by atoms with van der Waals surface area (Å²) in [7, 11) is 0. The lowest BCUT2D eigenvalue weighted by Gasteiger charge is -2.09. The van der Waals surface area contributed by atoms with Gasteiger partial charge in [0.15, 0.2) is 17.5 Å². The van der Waals surface area contributed by atoms with Crippen molar-refractivity contribution in [3.63, 3.8) is 0 Å². The van der Waals surface area contributed by atoms with Gasteiger partial charge in [-0.05, 0) is 47.0 Å². The largest absolute Gasteiger partial charge is 0.348 e. The highest BCUT2D eigenvalue weighted by molar-refractivity contribution is 5.66. The van der Waals surface area contributed by atoms with Crippen molar-refractivity contribution in [3.05, 3.63) is 108 Å². The van der Waals surface area contributed by atoms with E-state index in [4.69, 9.17) is 5.26 Å². The highest BCUT2D eigenvalue weighted by Gasteiger charge is 2.17. The van der Waals surface area contributed by atoms with E-state index in [0.29, 0.717) is 23.5 Å². The Labute approximate surface area is 183 Å². The third-order valence-corrected chi connectivity index (χ3v) is 5.29. The van der Waals surface area contributed by atoms with Crippen molar-refractivity contribution < 1.29 is 8.78 Å². The van der Waals surface area contributed by atoms with Crippen molar-refractivity contribution in [2.45, 2.75) is 6.54 Å². The average molecular weight is 422 g/mol. The summed E-state index contributed by atoms with van der Waals surface area (Å²) in [5, 5.41) is 8.93. The Kier molecular flexibility index (Phi) is 4.92. The number of imidazole rings is 1. The van der Waals surface area contributed by atoms with Crippen LogP contribution in [-0.4, -0.2) is 14.5 Å². The minimum absolute atomic E-state index is 0.0474. The number of halogens is 2. The molecule has 0 saturated carbocycles. The number of hydrogen-bond acceptors (Lipinski definition) is 3. The molecule has 0 bridgehead atoms. The van der Waals surface area contributed by atoms with Crippen LogP contribution in [0.25, 0.3) is 33.9 Å². The number of hydrogen-bond donors (Lipinski definition) is 0. The molecule has 4 nitrogen and oxygen atoms in total. The number of rotatable bonds is 4. The van der Waals surface area contributed by atoms with Crippen LogP contribution < -0.4 is 0 Å². The summed E-state index contributed by atoms with van der Waals surface area (Å²) in [4.78, 5) is 8.73. The number of nitrogens with zero attached hydrogens (tertiary/aromatic N) is 4. The van der Waals surface area contributed by atoms with Crippen LogP contribution in [0.15, 0.2) is 85.2 Å². The maximum Gasteiger partial charge on any atom is 0.169 e. The lowest BCUT2D eigenvalue weighted by molar-refractivity contribution is 0.510. The molecule has 0 atom stereocenters. The van der Waals surface area contributed by atoms with E-state index in [0.717, 1.165) is 22.8 Å². The van der Waals surface area contributed by atoms with Gasteiger partial charge in [-0.3, -0.25) is 0 Å². The molecule has 154 valence electrons. The molecule has 0 radical (unpaired) electrons. The van der Waals surface area contributed by atoms with E-state index < -0.39 is 11.6 Å². The fourth-order valence-electron chi connectivity index (χ4n) is 3.60. The van der Waals surface area contributed by atoms with Crippen molar-refractivity contribution in [3.8, 4) is 40.0 Å². The molecule has 0 saturated heterocycles. The third-order valence-electron chi connectivity index (χ3n) is 5.29. The molecule has 0 aliphatic carbocycles. The molecule has 6 heteroatoms. The second kappa shape index (κ2) is 8.05. The molecule has 3 aromatic rings. The zero-order chi connectivity index (χ0) is 22.1. The van der Waals surface area contributed by atoms with E-state index in [1.807, 2.05) is 47.3 Å². The van der Waals surface area contributed by atoms with Gasteiger partial charge in [-0.25, -0.2) is 18.7 Å². The first-order chi connectivity index (χ1) is 15.6.